The highest BCUT2D eigenvalue weighted by atomic mass is 16.5. The van der Waals surface area contributed by atoms with E-state index < -0.39 is 0 Å². The minimum absolute atomic E-state index is 0.307. The van der Waals surface area contributed by atoms with E-state index >= 15 is 0 Å². The van der Waals surface area contributed by atoms with Crippen LogP contribution in [0.1, 0.15) is 45.6 Å². The lowest BCUT2D eigenvalue weighted by Gasteiger charge is -2.18. The summed E-state index contributed by atoms with van der Waals surface area (Å²) in [6, 6.07) is 27.6. The molecule has 2 heteroatoms. The first kappa shape index (κ1) is 22.7. The van der Waals surface area contributed by atoms with Gasteiger partial charge in [0.05, 0.1) is 12.7 Å². The Balaban J connectivity index is 0.000000211. The Hall–Kier alpha value is -2.58. The third-order valence-corrected chi connectivity index (χ3v) is 5.15. The maximum absolute atomic E-state index is 9.27. The number of phenols is 1. The summed E-state index contributed by atoms with van der Waals surface area (Å²) in [5.41, 5.74) is 3.43. The van der Waals surface area contributed by atoms with E-state index in [1.54, 1.807) is 12.1 Å². The van der Waals surface area contributed by atoms with Gasteiger partial charge in [-0.2, -0.15) is 0 Å². The van der Waals surface area contributed by atoms with Gasteiger partial charge in [0, 0.05) is 0 Å². The molecule has 0 radical (unpaired) electrons. The standard InChI is InChI=1S/C15H24O.C12H10O/c1-4-14(5-2)11-13(3)16-12-15-9-7-6-8-10-15;13-12-8-4-7-11(9-12)10-5-2-1-3-6-10/h6-10,13-14H,4-5,11-12H2,1-3H3;1-9,13H. The molecule has 0 fully saturated rings. The summed E-state index contributed by atoms with van der Waals surface area (Å²) < 4.78 is 5.86. The molecule has 0 aliphatic heterocycles. The van der Waals surface area contributed by atoms with Gasteiger partial charge in [-0.25, -0.2) is 0 Å². The van der Waals surface area contributed by atoms with Gasteiger partial charge in [-0.05, 0) is 48.1 Å². The molecule has 0 aromatic heterocycles. The molecule has 0 amide bonds. The van der Waals surface area contributed by atoms with Crippen molar-refractivity contribution in [2.75, 3.05) is 0 Å². The van der Waals surface area contributed by atoms with Crippen molar-refractivity contribution in [3.05, 3.63) is 90.5 Å². The Morgan fingerprint density at radius 2 is 1.34 bits per heavy atom. The molecule has 1 N–H and O–H groups in total. The summed E-state index contributed by atoms with van der Waals surface area (Å²) in [5.74, 6) is 1.12. The van der Waals surface area contributed by atoms with Crippen molar-refractivity contribution >= 4 is 0 Å². The Kier molecular flexibility index (Phi) is 10.0. The molecule has 0 aliphatic carbocycles. The average Bonchev–Trinajstić information content (AvgIpc) is 2.78. The summed E-state index contributed by atoms with van der Waals surface area (Å²) in [4.78, 5) is 0. The number of benzene rings is 3. The Morgan fingerprint density at radius 3 is 1.93 bits per heavy atom. The van der Waals surface area contributed by atoms with Gasteiger partial charge in [-0.15, -0.1) is 0 Å². The fraction of sp³-hybridized carbons (Fsp3) is 0.333. The van der Waals surface area contributed by atoms with Crippen molar-refractivity contribution in [3.63, 3.8) is 0 Å². The number of aromatic hydroxyl groups is 1. The van der Waals surface area contributed by atoms with E-state index in [1.165, 1.54) is 24.8 Å². The van der Waals surface area contributed by atoms with Gasteiger partial charge in [0.2, 0.25) is 0 Å². The summed E-state index contributed by atoms with van der Waals surface area (Å²) in [5, 5.41) is 9.27. The minimum Gasteiger partial charge on any atom is -0.508 e. The molecule has 0 spiro atoms. The fourth-order valence-electron chi connectivity index (χ4n) is 3.29. The van der Waals surface area contributed by atoms with Gasteiger partial charge in [0.15, 0.2) is 0 Å². The molecule has 3 aromatic rings. The zero-order chi connectivity index (χ0) is 20.9. The van der Waals surface area contributed by atoms with Gasteiger partial charge in [-0.3, -0.25) is 0 Å². The molecule has 1 unspecified atom stereocenters. The lowest BCUT2D eigenvalue weighted by Crippen LogP contribution is -2.13. The quantitative estimate of drug-likeness (QED) is 0.432. The van der Waals surface area contributed by atoms with Crippen LogP contribution in [0.4, 0.5) is 0 Å². The lowest BCUT2D eigenvalue weighted by molar-refractivity contribution is 0.0357. The smallest absolute Gasteiger partial charge is 0.116 e. The number of rotatable bonds is 8. The average molecular weight is 391 g/mol. The van der Waals surface area contributed by atoms with Crippen LogP contribution in [-0.2, 0) is 11.3 Å². The van der Waals surface area contributed by atoms with Crippen molar-refractivity contribution in [2.45, 2.75) is 52.7 Å². The first-order valence-corrected chi connectivity index (χ1v) is 10.6. The van der Waals surface area contributed by atoms with Crippen molar-refractivity contribution in [3.8, 4) is 16.9 Å². The molecule has 0 saturated heterocycles. The van der Waals surface area contributed by atoms with E-state index in [0.29, 0.717) is 11.9 Å². The fourth-order valence-corrected chi connectivity index (χ4v) is 3.29. The Morgan fingerprint density at radius 1 is 0.759 bits per heavy atom. The number of ether oxygens (including phenoxy) is 1. The van der Waals surface area contributed by atoms with Gasteiger partial charge >= 0.3 is 0 Å². The molecule has 154 valence electrons. The predicted octanol–water partition coefficient (Wildman–Crippen LogP) is 7.48. The van der Waals surface area contributed by atoms with Crippen LogP contribution in [0.15, 0.2) is 84.9 Å². The van der Waals surface area contributed by atoms with E-state index in [0.717, 1.165) is 23.7 Å². The van der Waals surface area contributed by atoms with Crippen LogP contribution < -0.4 is 0 Å². The van der Waals surface area contributed by atoms with Gasteiger partial charge in [0.1, 0.15) is 5.75 Å². The molecule has 0 bridgehead atoms. The third-order valence-electron chi connectivity index (χ3n) is 5.15. The second kappa shape index (κ2) is 12.8. The van der Waals surface area contributed by atoms with Gasteiger partial charge < -0.3 is 9.84 Å². The molecule has 0 aliphatic rings. The molecule has 0 heterocycles. The van der Waals surface area contributed by atoms with Crippen molar-refractivity contribution in [1.82, 2.24) is 0 Å². The highest BCUT2D eigenvalue weighted by Gasteiger charge is 2.10. The summed E-state index contributed by atoms with van der Waals surface area (Å²) in [6.45, 7) is 7.44. The highest BCUT2D eigenvalue weighted by molar-refractivity contribution is 5.64. The monoisotopic (exact) mass is 390 g/mol. The van der Waals surface area contributed by atoms with E-state index in [4.69, 9.17) is 4.74 Å². The normalized spacial score (nSPS) is 11.6. The number of hydrogen-bond donors (Lipinski definition) is 1. The highest BCUT2D eigenvalue weighted by Crippen LogP contribution is 2.22. The van der Waals surface area contributed by atoms with Crippen molar-refractivity contribution in [2.24, 2.45) is 5.92 Å². The molecule has 2 nitrogen and oxygen atoms in total. The van der Waals surface area contributed by atoms with Crippen LogP contribution in [-0.4, -0.2) is 11.2 Å². The topological polar surface area (TPSA) is 29.5 Å². The zero-order valence-corrected chi connectivity index (χ0v) is 17.9. The SMILES string of the molecule is CCC(CC)CC(C)OCc1ccccc1.Oc1cccc(-c2ccccc2)c1. The van der Waals surface area contributed by atoms with E-state index in [1.807, 2.05) is 48.5 Å². The van der Waals surface area contributed by atoms with Crippen molar-refractivity contribution < 1.29 is 9.84 Å². The number of phenolic OH excluding ortho intramolecular Hbond substituents is 1. The Bertz CT molecular complexity index is 795. The largest absolute Gasteiger partial charge is 0.508 e. The van der Waals surface area contributed by atoms with Crippen LogP contribution in [0.25, 0.3) is 11.1 Å². The van der Waals surface area contributed by atoms with Crippen molar-refractivity contribution in [1.29, 1.82) is 0 Å². The molecule has 0 saturated carbocycles. The second-order valence-electron chi connectivity index (χ2n) is 7.44. The maximum Gasteiger partial charge on any atom is 0.116 e. The first-order valence-electron chi connectivity index (χ1n) is 10.6. The molecule has 1 atom stereocenters. The molecule has 3 rings (SSSR count). The summed E-state index contributed by atoms with van der Waals surface area (Å²) >= 11 is 0. The second-order valence-corrected chi connectivity index (χ2v) is 7.44. The third kappa shape index (κ3) is 8.53. The summed E-state index contributed by atoms with van der Waals surface area (Å²) in [6.07, 6.45) is 4.07. The van der Waals surface area contributed by atoms with Crippen LogP contribution in [0.3, 0.4) is 0 Å². The van der Waals surface area contributed by atoms with E-state index in [-0.39, 0.29) is 0 Å². The Labute approximate surface area is 176 Å². The minimum atomic E-state index is 0.307. The van der Waals surface area contributed by atoms with Crippen LogP contribution in [0, 0.1) is 5.92 Å². The van der Waals surface area contributed by atoms with Crippen LogP contribution in [0.2, 0.25) is 0 Å². The van der Waals surface area contributed by atoms with Gasteiger partial charge in [0.25, 0.3) is 0 Å². The molecular formula is C27H34O2. The molecular weight excluding hydrogens is 356 g/mol. The molecule has 3 aromatic carbocycles. The zero-order valence-electron chi connectivity index (χ0n) is 17.9. The van der Waals surface area contributed by atoms with Crippen LogP contribution >= 0.6 is 0 Å². The molecule has 29 heavy (non-hydrogen) atoms. The van der Waals surface area contributed by atoms with Crippen LogP contribution in [0.5, 0.6) is 5.75 Å². The maximum atomic E-state index is 9.27. The summed E-state index contributed by atoms with van der Waals surface area (Å²) in [7, 11) is 0. The number of hydrogen-bond acceptors (Lipinski definition) is 2. The van der Waals surface area contributed by atoms with Gasteiger partial charge in [-0.1, -0.05) is 99.5 Å². The predicted molar refractivity (Wildman–Crippen MR) is 123 cm³/mol. The van der Waals surface area contributed by atoms with E-state index in [9.17, 15) is 5.11 Å². The first-order chi connectivity index (χ1) is 14.1. The lowest BCUT2D eigenvalue weighted by atomic mass is 9.97. The van der Waals surface area contributed by atoms with E-state index in [2.05, 4.69) is 45.0 Å².